The van der Waals surface area contributed by atoms with Gasteiger partial charge in [-0.1, -0.05) is 32.5 Å². The van der Waals surface area contributed by atoms with Crippen molar-refractivity contribution in [3.05, 3.63) is 10.7 Å². The van der Waals surface area contributed by atoms with E-state index >= 15 is 0 Å². The second-order valence-corrected chi connectivity index (χ2v) is 11.9. The van der Waals surface area contributed by atoms with Gasteiger partial charge in [0.25, 0.3) is 0 Å². The molecule has 3 heteroatoms. The van der Waals surface area contributed by atoms with Crippen LogP contribution < -0.4 is 0 Å². The Morgan fingerprint density at radius 2 is 1.50 bits per heavy atom. The molecule has 0 heterocycles. The summed E-state index contributed by atoms with van der Waals surface area (Å²) >= 11 is 1.83. The van der Waals surface area contributed by atoms with Gasteiger partial charge in [0.1, 0.15) is 5.09 Å². The van der Waals surface area contributed by atoms with Crippen LogP contribution in [0, 0.1) is 0 Å². The van der Waals surface area contributed by atoms with Crippen molar-refractivity contribution in [2.45, 2.75) is 59.0 Å². The maximum atomic E-state index is 6.06. The molecule has 0 aromatic rings. The minimum absolute atomic E-state index is 0.228. The van der Waals surface area contributed by atoms with Crippen LogP contribution in [0.2, 0.25) is 19.6 Å². The molecular formula is C11H24OSSi. The van der Waals surface area contributed by atoms with Crippen molar-refractivity contribution >= 4 is 20.1 Å². The van der Waals surface area contributed by atoms with Gasteiger partial charge >= 0.3 is 0 Å². The molecule has 14 heavy (non-hydrogen) atoms. The molecule has 0 amide bonds. The number of allylic oxidation sites excluding steroid dienone is 1. The van der Waals surface area contributed by atoms with Crippen molar-refractivity contribution in [1.29, 1.82) is 0 Å². The van der Waals surface area contributed by atoms with Crippen LogP contribution in [0.4, 0.5) is 0 Å². The predicted molar refractivity (Wildman–Crippen MR) is 70.1 cm³/mol. The molecule has 84 valence electrons. The van der Waals surface area contributed by atoms with E-state index in [4.69, 9.17) is 4.43 Å². The zero-order valence-corrected chi connectivity index (χ0v) is 12.6. The van der Waals surface area contributed by atoms with Crippen LogP contribution in [0.25, 0.3) is 0 Å². The van der Waals surface area contributed by atoms with Gasteiger partial charge in [-0.2, -0.15) is 0 Å². The third-order valence-corrected chi connectivity index (χ3v) is 3.46. The Morgan fingerprint density at radius 3 is 1.71 bits per heavy atom. The van der Waals surface area contributed by atoms with Crippen LogP contribution >= 0.6 is 11.8 Å². The van der Waals surface area contributed by atoms with Crippen molar-refractivity contribution in [3.8, 4) is 0 Å². The predicted octanol–water partition coefficient (Wildman–Crippen LogP) is 4.62. The van der Waals surface area contributed by atoms with Gasteiger partial charge in [-0.25, -0.2) is 0 Å². The molecule has 1 nitrogen and oxygen atoms in total. The summed E-state index contributed by atoms with van der Waals surface area (Å²) in [5, 5.41) is 1.12. The highest BCUT2D eigenvalue weighted by molar-refractivity contribution is 8.04. The van der Waals surface area contributed by atoms with E-state index in [1.54, 1.807) is 0 Å². The highest BCUT2D eigenvalue weighted by atomic mass is 32.2. The summed E-state index contributed by atoms with van der Waals surface area (Å²) in [6.45, 7) is 17.6. The lowest BCUT2D eigenvalue weighted by Crippen LogP contribution is -2.25. The van der Waals surface area contributed by atoms with E-state index in [1.165, 1.54) is 5.57 Å². The number of thioether (sulfide) groups is 1. The van der Waals surface area contributed by atoms with Gasteiger partial charge in [0.2, 0.25) is 8.32 Å². The fraction of sp³-hybridized carbons (Fsp3) is 0.818. The highest BCUT2D eigenvalue weighted by Gasteiger charge is 2.22. The third-order valence-electron chi connectivity index (χ3n) is 1.21. The first-order chi connectivity index (χ1) is 6.01. The van der Waals surface area contributed by atoms with Crippen LogP contribution in [-0.4, -0.2) is 13.1 Å². The Bertz CT molecular complexity index is 198. The average molecular weight is 232 g/mol. The van der Waals surface area contributed by atoms with Gasteiger partial charge in [-0.15, -0.1) is 0 Å². The van der Waals surface area contributed by atoms with E-state index in [1.807, 2.05) is 11.8 Å². The molecule has 0 saturated carbocycles. The van der Waals surface area contributed by atoms with Gasteiger partial charge in [-0.05, 0) is 39.1 Å². The quantitative estimate of drug-likeness (QED) is 0.518. The minimum atomic E-state index is -1.46. The second-order valence-electron chi connectivity index (χ2n) is 5.72. The molecular weight excluding hydrogens is 208 g/mol. The van der Waals surface area contributed by atoms with Gasteiger partial charge in [0.15, 0.2) is 0 Å². The molecule has 0 unspecified atom stereocenters. The Morgan fingerprint density at radius 1 is 1.07 bits per heavy atom. The SMILES string of the molecule is CC(C)=C(O[Si](C)(C)C)SC(C)(C)C. The summed E-state index contributed by atoms with van der Waals surface area (Å²) in [5.41, 5.74) is 1.28. The molecule has 0 saturated heterocycles. The lowest BCUT2D eigenvalue weighted by Gasteiger charge is -2.27. The van der Waals surface area contributed by atoms with Crippen LogP contribution in [0.5, 0.6) is 0 Å². The van der Waals surface area contributed by atoms with Crippen LogP contribution in [0.15, 0.2) is 10.7 Å². The standard InChI is InChI=1S/C11H24OSSi/c1-9(2)10(12-14(6,7)8)13-11(3,4)5/h1-8H3. The molecule has 0 aromatic carbocycles. The third kappa shape index (κ3) is 7.51. The maximum absolute atomic E-state index is 6.06. The molecule has 0 atom stereocenters. The molecule has 0 bridgehead atoms. The lowest BCUT2D eigenvalue weighted by atomic mass is 10.3. The maximum Gasteiger partial charge on any atom is 0.242 e. The summed E-state index contributed by atoms with van der Waals surface area (Å²) in [5.74, 6) is 0. The monoisotopic (exact) mass is 232 g/mol. The summed E-state index contributed by atoms with van der Waals surface area (Å²) in [6.07, 6.45) is 0. The first-order valence-electron chi connectivity index (χ1n) is 5.07. The van der Waals surface area contributed by atoms with Gasteiger partial charge in [0, 0.05) is 4.75 Å². The fourth-order valence-corrected chi connectivity index (χ4v) is 3.22. The van der Waals surface area contributed by atoms with E-state index in [0.717, 1.165) is 5.09 Å². The average Bonchev–Trinajstić information content (AvgIpc) is 1.78. The molecule has 0 fully saturated rings. The lowest BCUT2D eigenvalue weighted by molar-refractivity contribution is 0.456. The fourth-order valence-electron chi connectivity index (χ4n) is 0.781. The van der Waals surface area contributed by atoms with Crippen LogP contribution in [0.1, 0.15) is 34.6 Å². The van der Waals surface area contributed by atoms with E-state index < -0.39 is 8.32 Å². The van der Waals surface area contributed by atoms with E-state index in [2.05, 4.69) is 54.3 Å². The first-order valence-corrected chi connectivity index (χ1v) is 9.29. The van der Waals surface area contributed by atoms with Crippen molar-refractivity contribution in [3.63, 3.8) is 0 Å². The Labute approximate surface area is 94.4 Å². The molecule has 0 aliphatic heterocycles. The normalized spacial score (nSPS) is 12.6. The summed E-state index contributed by atoms with van der Waals surface area (Å²) in [4.78, 5) is 0. The topological polar surface area (TPSA) is 9.23 Å². The van der Waals surface area contributed by atoms with E-state index in [-0.39, 0.29) is 4.75 Å². The first kappa shape index (κ1) is 14.1. The molecule has 0 radical (unpaired) electrons. The van der Waals surface area contributed by atoms with Crippen molar-refractivity contribution < 1.29 is 4.43 Å². The summed E-state index contributed by atoms with van der Waals surface area (Å²) in [7, 11) is -1.46. The van der Waals surface area contributed by atoms with Gasteiger partial charge < -0.3 is 4.43 Å². The largest absolute Gasteiger partial charge is 0.540 e. The Balaban J connectivity index is 4.59. The van der Waals surface area contributed by atoms with Gasteiger partial charge in [-0.3, -0.25) is 0 Å². The number of hydrogen-bond donors (Lipinski definition) is 0. The smallest absolute Gasteiger partial charge is 0.242 e. The van der Waals surface area contributed by atoms with E-state index in [0.29, 0.717) is 0 Å². The molecule has 0 rings (SSSR count). The molecule has 0 spiro atoms. The Hall–Kier alpha value is 0.107. The van der Waals surface area contributed by atoms with Crippen molar-refractivity contribution in [2.75, 3.05) is 0 Å². The molecule has 0 aromatic heterocycles. The van der Waals surface area contributed by atoms with Crippen LogP contribution in [0.3, 0.4) is 0 Å². The van der Waals surface area contributed by atoms with Gasteiger partial charge in [0.05, 0.1) is 0 Å². The highest BCUT2D eigenvalue weighted by Crippen LogP contribution is 2.35. The number of hydrogen-bond acceptors (Lipinski definition) is 2. The minimum Gasteiger partial charge on any atom is -0.540 e. The molecule has 0 aliphatic rings. The summed E-state index contributed by atoms with van der Waals surface area (Å²) < 4.78 is 6.29. The van der Waals surface area contributed by atoms with Crippen LogP contribution in [-0.2, 0) is 4.43 Å². The summed E-state index contributed by atoms with van der Waals surface area (Å²) in [6, 6.07) is 0. The van der Waals surface area contributed by atoms with E-state index in [9.17, 15) is 0 Å². The van der Waals surface area contributed by atoms with Crippen molar-refractivity contribution in [1.82, 2.24) is 0 Å². The Kier molecular flexibility index (Phi) is 4.79. The zero-order chi connectivity index (χ0) is 11.6. The zero-order valence-electron chi connectivity index (χ0n) is 10.8. The number of rotatable bonds is 3. The van der Waals surface area contributed by atoms with Crippen molar-refractivity contribution in [2.24, 2.45) is 0 Å². The second kappa shape index (κ2) is 4.75. The molecule has 0 N–H and O–H groups in total. The molecule has 0 aliphatic carbocycles.